The van der Waals surface area contributed by atoms with E-state index < -0.39 is 0 Å². The van der Waals surface area contributed by atoms with Gasteiger partial charge in [0.05, 0.1) is 5.69 Å². The van der Waals surface area contributed by atoms with Crippen LogP contribution in [0.2, 0.25) is 0 Å². The van der Waals surface area contributed by atoms with E-state index in [-0.39, 0.29) is 0 Å². The first-order valence-corrected chi connectivity index (χ1v) is 3.84. The summed E-state index contributed by atoms with van der Waals surface area (Å²) in [4.78, 5) is 0. The maximum absolute atomic E-state index is 4.10. The molecule has 0 saturated heterocycles. The van der Waals surface area contributed by atoms with Gasteiger partial charge in [-0.15, -0.1) is 0 Å². The molecule has 0 unspecified atom stereocenters. The number of benzene rings is 1. The third-order valence-corrected chi connectivity index (χ3v) is 1.70. The largest absolute Gasteiger partial charge is 0.240 e. The molecule has 12 heavy (non-hydrogen) atoms. The van der Waals surface area contributed by atoms with Crippen molar-refractivity contribution in [2.24, 2.45) is 0 Å². The van der Waals surface area contributed by atoms with E-state index in [1.165, 1.54) is 5.56 Å². The molecule has 59 valence electrons. The third-order valence-electron chi connectivity index (χ3n) is 1.70. The summed E-state index contributed by atoms with van der Waals surface area (Å²) in [7, 11) is 0. The maximum Gasteiger partial charge on any atom is 0.0724 e. The van der Waals surface area contributed by atoms with Crippen LogP contribution in [0.25, 0.3) is 5.69 Å². The lowest BCUT2D eigenvalue weighted by Gasteiger charge is -1.99. The van der Waals surface area contributed by atoms with E-state index in [1.54, 1.807) is 10.9 Å². The fourth-order valence-corrected chi connectivity index (χ4v) is 1.05. The van der Waals surface area contributed by atoms with Gasteiger partial charge in [0.25, 0.3) is 0 Å². The topological polar surface area (TPSA) is 17.8 Å². The molecule has 2 heteroatoms. The minimum Gasteiger partial charge on any atom is -0.240 e. The van der Waals surface area contributed by atoms with Gasteiger partial charge in [-0.3, -0.25) is 0 Å². The van der Waals surface area contributed by atoms with Crippen molar-refractivity contribution < 1.29 is 0 Å². The van der Waals surface area contributed by atoms with Crippen molar-refractivity contribution in [2.45, 2.75) is 6.92 Å². The highest BCUT2D eigenvalue weighted by atomic mass is 15.3. The Kier molecular flexibility index (Phi) is 1.67. The second-order valence-electron chi connectivity index (χ2n) is 2.70. The van der Waals surface area contributed by atoms with Crippen LogP contribution in [0, 0.1) is 13.0 Å². The van der Waals surface area contributed by atoms with Gasteiger partial charge in [0, 0.05) is 18.5 Å². The average Bonchev–Trinajstić information content (AvgIpc) is 2.58. The van der Waals surface area contributed by atoms with Crippen molar-refractivity contribution in [2.75, 3.05) is 0 Å². The molecule has 0 atom stereocenters. The summed E-state index contributed by atoms with van der Waals surface area (Å²) in [5.41, 5.74) is 2.19. The number of aromatic nitrogens is 2. The van der Waals surface area contributed by atoms with Crippen LogP contribution in [0.1, 0.15) is 5.56 Å². The molecule has 0 saturated carbocycles. The molecule has 0 amide bonds. The monoisotopic (exact) mass is 157 g/mol. The highest BCUT2D eigenvalue weighted by Crippen LogP contribution is 2.05. The Bertz CT molecular complexity index is 346. The fraction of sp³-hybridized carbons (Fsp3) is 0.100. The lowest BCUT2D eigenvalue weighted by molar-refractivity contribution is 0.878. The van der Waals surface area contributed by atoms with Crippen LogP contribution in [0.4, 0.5) is 0 Å². The lowest BCUT2D eigenvalue weighted by atomic mass is 10.2. The van der Waals surface area contributed by atoms with E-state index in [2.05, 4.69) is 11.2 Å². The summed E-state index contributed by atoms with van der Waals surface area (Å²) in [5.74, 6) is 0. The Morgan fingerprint density at radius 1 is 1.42 bits per heavy atom. The molecule has 2 nitrogen and oxygen atoms in total. The number of hydrogen-bond donors (Lipinski definition) is 0. The van der Waals surface area contributed by atoms with E-state index >= 15 is 0 Å². The van der Waals surface area contributed by atoms with E-state index in [0.717, 1.165) is 5.69 Å². The summed E-state index contributed by atoms with van der Waals surface area (Å²) in [6.07, 6.45) is 3.66. The molecule has 0 bridgehead atoms. The molecular weight excluding hydrogens is 148 g/mol. The minimum absolute atomic E-state index is 0.977. The van der Waals surface area contributed by atoms with Crippen LogP contribution < -0.4 is 0 Å². The quantitative estimate of drug-likeness (QED) is 0.619. The summed E-state index contributed by atoms with van der Waals surface area (Å²) in [6.45, 7) is 2.05. The summed E-state index contributed by atoms with van der Waals surface area (Å²) in [5, 5.41) is 4.10. The van der Waals surface area contributed by atoms with Gasteiger partial charge in [-0.25, -0.2) is 4.68 Å². The van der Waals surface area contributed by atoms with Crippen LogP contribution in [0.5, 0.6) is 0 Å². The van der Waals surface area contributed by atoms with E-state index in [0.29, 0.717) is 0 Å². The number of hydrogen-bond acceptors (Lipinski definition) is 1. The van der Waals surface area contributed by atoms with E-state index in [4.69, 9.17) is 0 Å². The first-order valence-electron chi connectivity index (χ1n) is 3.84. The minimum atomic E-state index is 0.977. The van der Waals surface area contributed by atoms with Crippen molar-refractivity contribution in [1.82, 2.24) is 9.78 Å². The molecule has 0 N–H and O–H groups in total. The molecule has 0 spiro atoms. The standard InChI is InChI=1S/C10H9N2/c1-9-3-5-10(6-4-9)12-8-2-7-11-12/h2-5,7-8H,1H3. The summed E-state index contributed by atoms with van der Waals surface area (Å²) in [6, 6.07) is 11.0. The molecule has 1 aromatic carbocycles. The molecule has 2 rings (SSSR count). The summed E-state index contributed by atoms with van der Waals surface area (Å²) < 4.78 is 1.79. The van der Waals surface area contributed by atoms with Gasteiger partial charge in [0.15, 0.2) is 0 Å². The Morgan fingerprint density at radius 3 is 2.92 bits per heavy atom. The average molecular weight is 157 g/mol. The van der Waals surface area contributed by atoms with Crippen molar-refractivity contribution in [3.8, 4) is 5.69 Å². The van der Waals surface area contributed by atoms with E-state index in [1.807, 2.05) is 37.4 Å². The van der Waals surface area contributed by atoms with Gasteiger partial charge in [-0.1, -0.05) is 11.6 Å². The zero-order valence-corrected chi connectivity index (χ0v) is 6.86. The Labute approximate surface area is 71.5 Å². The zero-order chi connectivity index (χ0) is 8.39. The van der Waals surface area contributed by atoms with Crippen LogP contribution >= 0.6 is 0 Å². The van der Waals surface area contributed by atoms with Crippen LogP contribution in [-0.2, 0) is 0 Å². The van der Waals surface area contributed by atoms with Gasteiger partial charge >= 0.3 is 0 Å². The van der Waals surface area contributed by atoms with Crippen molar-refractivity contribution in [3.05, 3.63) is 48.3 Å². The Balaban J connectivity index is 2.43. The smallest absolute Gasteiger partial charge is 0.0724 e. The van der Waals surface area contributed by atoms with Crippen LogP contribution in [0.15, 0.2) is 36.7 Å². The predicted molar refractivity (Wildman–Crippen MR) is 47.1 cm³/mol. The summed E-state index contributed by atoms with van der Waals surface area (Å²) >= 11 is 0. The first-order chi connectivity index (χ1) is 5.86. The SMILES string of the molecule is Cc1c[c]c(-n2cccn2)cc1. The Hall–Kier alpha value is -1.57. The van der Waals surface area contributed by atoms with Gasteiger partial charge in [0.1, 0.15) is 0 Å². The molecule has 1 radical (unpaired) electrons. The van der Waals surface area contributed by atoms with Crippen LogP contribution in [0.3, 0.4) is 0 Å². The van der Waals surface area contributed by atoms with Crippen molar-refractivity contribution in [1.29, 1.82) is 0 Å². The molecule has 0 aliphatic carbocycles. The molecule has 0 aliphatic rings. The third kappa shape index (κ3) is 1.23. The maximum atomic E-state index is 4.10. The zero-order valence-electron chi connectivity index (χ0n) is 6.86. The number of aryl methyl sites for hydroxylation is 1. The highest BCUT2D eigenvalue weighted by Gasteiger charge is 1.93. The Morgan fingerprint density at radius 2 is 2.33 bits per heavy atom. The molecular formula is C10H9N2. The van der Waals surface area contributed by atoms with Gasteiger partial charge < -0.3 is 0 Å². The van der Waals surface area contributed by atoms with Crippen molar-refractivity contribution in [3.63, 3.8) is 0 Å². The normalized spacial score (nSPS) is 10.1. The predicted octanol–water partition coefficient (Wildman–Crippen LogP) is 1.98. The number of rotatable bonds is 1. The van der Waals surface area contributed by atoms with E-state index in [9.17, 15) is 0 Å². The lowest BCUT2D eigenvalue weighted by Crippen LogP contribution is -1.93. The van der Waals surface area contributed by atoms with Crippen LogP contribution in [-0.4, -0.2) is 9.78 Å². The second kappa shape index (κ2) is 2.81. The molecule has 1 heterocycles. The fourth-order valence-electron chi connectivity index (χ4n) is 1.05. The van der Waals surface area contributed by atoms with Gasteiger partial charge in [-0.2, -0.15) is 5.10 Å². The van der Waals surface area contributed by atoms with Gasteiger partial charge in [-0.05, 0) is 25.1 Å². The molecule has 0 aliphatic heterocycles. The first kappa shape index (κ1) is 7.10. The van der Waals surface area contributed by atoms with Crippen molar-refractivity contribution >= 4 is 0 Å². The highest BCUT2D eigenvalue weighted by molar-refractivity contribution is 5.31. The molecule has 2 aromatic rings. The van der Waals surface area contributed by atoms with Gasteiger partial charge in [0.2, 0.25) is 0 Å². The molecule has 1 aromatic heterocycles. The second-order valence-corrected chi connectivity index (χ2v) is 2.70. The number of nitrogens with zero attached hydrogens (tertiary/aromatic N) is 2. The molecule has 0 fully saturated rings.